The van der Waals surface area contributed by atoms with Gasteiger partial charge in [-0.2, -0.15) is 0 Å². The highest BCUT2D eigenvalue weighted by molar-refractivity contribution is 5.82. The molecule has 4 heterocycles. The Morgan fingerprint density at radius 3 is 2.79 bits per heavy atom. The van der Waals surface area contributed by atoms with E-state index in [1.165, 1.54) is 6.33 Å². The van der Waals surface area contributed by atoms with Gasteiger partial charge in [-0.25, -0.2) is 29.3 Å². The highest BCUT2D eigenvalue weighted by atomic mass is 16.1. The van der Waals surface area contributed by atoms with E-state index in [4.69, 9.17) is 4.98 Å². The van der Waals surface area contributed by atoms with Crippen molar-refractivity contribution >= 4 is 22.6 Å². The first-order valence-electron chi connectivity index (χ1n) is 9.32. The van der Waals surface area contributed by atoms with Gasteiger partial charge in [0.25, 0.3) is 0 Å². The molecule has 0 fully saturated rings. The van der Waals surface area contributed by atoms with E-state index >= 15 is 0 Å². The zero-order valence-electron chi connectivity index (χ0n) is 15.6. The number of H-pyrrole nitrogens is 1. The molecule has 0 saturated heterocycles. The Balaban J connectivity index is 1.70. The standard InChI is InChI=1S/C20H18N8O/c1-2-14(25-18-16-17(22-11-21-16)23-12-24-18)19-26-15-9-6-10-27(15)20(29)28(19)13-7-4-3-5-8-13/h3-12,14H,2H2,1H3,(H2,21,22,23,24,25). The van der Waals surface area contributed by atoms with E-state index in [0.29, 0.717) is 34.9 Å². The molecule has 144 valence electrons. The zero-order chi connectivity index (χ0) is 19.8. The first kappa shape index (κ1) is 17.1. The van der Waals surface area contributed by atoms with Gasteiger partial charge in [-0.15, -0.1) is 0 Å². The Morgan fingerprint density at radius 1 is 1.10 bits per heavy atom. The Hall–Kier alpha value is -4.01. The maximum Gasteiger partial charge on any atom is 0.339 e. The number of para-hydroxylation sites is 1. The number of hydrogen-bond donors (Lipinski definition) is 2. The number of nitrogens with zero attached hydrogens (tertiary/aromatic N) is 6. The van der Waals surface area contributed by atoms with Crippen molar-refractivity contribution in [1.82, 2.24) is 33.9 Å². The van der Waals surface area contributed by atoms with E-state index in [1.54, 1.807) is 21.5 Å². The minimum atomic E-state index is -0.266. The molecular weight excluding hydrogens is 368 g/mol. The number of aromatic nitrogens is 7. The van der Waals surface area contributed by atoms with Crippen LogP contribution in [0.15, 0.2) is 66.1 Å². The minimum Gasteiger partial charge on any atom is -0.358 e. The number of nitrogens with one attached hydrogen (secondary N) is 2. The summed E-state index contributed by atoms with van der Waals surface area (Å²) in [5.41, 5.74) is 2.47. The zero-order valence-corrected chi connectivity index (χ0v) is 15.6. The van der Waals surface area contributed by atoms with E-state index < -0.39 is 0 Å². The van der Waals surface area contributed by atoms with Crippen LogP contribution < -0.4 is 11.0 Å². The number of aromatic amines is 1. The fraction of sp³-hybridized carbons (Fsp3) is 0.150. The van der Waals surface area contributed by atoms with Crippen molar-refractivity contribution in [2.75, 3.05) is 5.32 Å². The molecule has 5 aromatic rings. The van der Waals surface area contributed by atoms with Crippen LogP contribution in [-0.4, -0.2) is 33.9 Å². The summed E-state index contributed by atoms with van der Waals surface area (Å²) in [5, 5.41) is 3.40. The summed E-state index contributed by atoms with van der Waals surface area (Å²) in [6.07, 6.45) is 5.46. The van der Waals surface area contributed by atoms with Crippen LogP contribution in [0.1, 0.15) is 25.2 Å². The van der Waals surface area contributed by atoms with E-state index in [-0.39, 0.29) is 11.7 Å². The molecule has 1 unspecified atom stereocenters. The maximum absolute atomic E-state index is 13.3. The molecular formula is C20H18N8O. The van der Waals surface area contributed by atoms with Gasteiger partial charge in [0, 0.05) is 6.20 Å². The third kappa shape index (κ3) is 2.83. The third-order valence-corrected chi connectivity index (χ3v) is 4.85. The second-order valence-corrected chi connectivity index (χ2v) is 6.59. The molecule has 9 heteroatoms. The molecule has 4 aromatic heterocycles. The molecule has 0 radical (unpaired) electrons. The number of benzene rings is 1. The number of fused-ring (bicyclic) bond motifs is 2. The number of anilines is 1. The van der Waals surface area contributed by atoms with Crippen LogP contribution >= 0.6 is 0 Å². The highest BCUT2D eigenvalue weighted by Gasteiger charge is 2.21. The molecule has 0 saturated carbocycles. The van der Waals surface area contributed by atoms with Crippen LogP contribution in [0.4, 0.5) is 5.82 Å². The summed E-state index contributed by atoms with van der Waals surface area (Å²) in [6.45, 7) is 2.03. The van der Waals surface area contributed by atoms with Gasteiger partial charge < -0.3 is 10.3 Å². The Kier molecular flexibility index (Phi) is 4.05. The molecule has 0 amide bonds. The lowest BCUT2D eigenvalue weighted by molar-refractivity contribution is 0.639. The summed E-state index contributed by atoms with van der Waals surface area (Å²) in [4.78, 5) is 33.9. The number of imidazole rings is 1. The van der Waals surface area contributed by atoms with Crippen molar-refractivity contribution < 1.29 is 0 Å². The molecule has 1 aromatic carbocycles. The highest BCUT2D eigenvalue weighted by Crippen LogP contribution is 2.25. The second kappa shape index (κ2) is 6.86. The first-order valence-corrected chi connectivity index (χ1v) is 9.32. The van der Waals surface area contributed by atoms with Gasteiger partial charge in [-0.3, -0.25) is 4.40 Å². The molecule has 0 aliphatic carbocycles. The van der Waals surface area contributed by atoms with Gasteiger partial charge in [0.1, 0.15) is 23.3 Å². The summed E-state index contributed by atoms with van der Waals surface area (Å²) in [5.74, 6) is 1.20. The molecule has 29 heavy (non-hydrogen) atoms. The normalized spacial score (nSPS) is 12.4. The first-order chi connectivity index (χ1) is 14.3. The van der Waals surface area contributed by atoms with E-state index in [1.807, 2.05) is 49.4 Å². The van der Waals surface area contributed by atoms with Gasteiger partial charge in [0.05, 0.1) is 18.1 Å². The van der Waals surface area contributed by atoms with Crippen LogP contribution in [0, 0.1) is 0 Å². The van der Waals surface area contributed by atoms with Crippen LogP contribution in [-0.2, 0) is 0 Å². The molecule has 0 aliphatic heterocycles. The Morgan fingerprint density at radius 2 is 1.97 bits per heavy atom. The van der Waals surface area contributed by atoms with E-state index in [0.717, 1.165) is 5.69 Å². The molecule has 0 spiro atoms. The van der Waals surface area contributed by atoms with Crippen molar-refractivity contribution in [3.63, 3.8) is 0 Å². The SMILES string of the molecule is CCC(Nc1ncnc2[nH]cnc12)c1nc2cccn2c(=O)n1-c1ccccc1. The van der Waals surface area contributed by atoms with Gasteiger partial charge in [0.2, 0.25) is 0 Å². The molecule has 9 nitrogen and oxygen atoms in total. The lowest BCUT2D eigenvalue weighted by Crippen LogP contribution is -2.32. The summed E-state index contributed by atoms with van der Waals surface area (Å²) in [7, 11) is 0. The van der Waals surface area contributed by atoms with Crippen molar-refractivity contribution in [3.8, 4) is 5.69 Å². The molecule has 1 atom stereocenters. The van der Waals surface area contributed by atoms with Crippen molar-refractivity contribution in [3.05, 3.63) is 77.6 Å². The van der Waals surface area contributed by atoms with Gasteiger partial charge >= 0.3 is 5.69 Å². The molecule has 5 rings (SSSR count). The second-order valence-electron chi connectivity index (χ2n) is 6.59. The van der Waals surface area contributed by atoms with Crippen LogP contribution in [0.5, 0.6) is 0 Å². The number of hydrogen-bond acceptors (Lipinski definition) is 6. The fourth-order valence-corrected chi connectivity index (χ4v) is 3.44. The van der Waals surface area contributed by atoms with Gasteiger partial charge in [0.15, 0.2) is 11.5 Å². The predicted octanol–water partition coefficient (Wildman–Crippen LogP) is 2.71. The Labute approximate surface area is 165 Å². The van der Waals surface area contributed by atoms with Crippen LogP contribution in [0.25, 0.3) is 22.5 Å². The molecule has 0 aliphatic rings. The lowest BCUT2D eigenvalue weighted by Gasteiger charge is -2.21. The predicted molar refractivity (Wildman–Crippen MR) is 109 cm³/mol. The van der Waals surface area contributed by atoms with E-state index in [2.05, 4.69) is 25.3 Å². The smallest absolute Gasteiger partial charge is 0.339 e. The minimum absolute atomic E-state index is 0.172. The van der Waals surface area contributed by atoms with Crippen LogP contribution in [0.2, 0.25) is 0 Å². The van der Waals surface area contributed by atoms with Crippen molar-refractivity contribution in [1.29, 1.82) is 0 Å². The van der Waals surface area contributed by atoms with Crippen molar-refractivity contribution in [2.24, 2.45) is 0 Å². The third-order valence-electron chi connectivity index (χ3n) is 4.85. The lowest BCUT2D eigenvalue weighted by atomic mass is 10.2. The molecule has 0 bridgehead atoms. The molecule has 2 N–H and O–H groups in total. The summed E-state index contributed by atoms with van der Waals surface area (Å²) < 4.78 is 3.18. The van der Waals surface area contributed by atoms with Gasteiger partial charge in [-0.05, 0) is 30.7 Å². The van der Waals surface area contributed by atoms with E-state index in [9.17, 15) is 4.79 Å². The van der Waals surface area contributed by atoms with Crippen molar-refractivity contribution in [2.45, 2.75) is 19.4 Å². The Bertz CT molecular complexity index is 1350. The fourth-order valence-electron chi connectivity index (χ4n) is 3.44. The van der Waals surface area contributed by atoms with Gasteiger partial charge in [-0.1, -0.05) is 25.1 Å². The maximum atomic E-state index is 13.3. The quantitative estimate of drug-likeness (QED) is 0.481. The average molecular weight is 386 g/mol. The topological polar surface area (TPSA) is 106 Å². The van der Waals surface area contributed by atoms with Crippen LogP contribution in [0.3, 0.4) is 0 Å². The summed E-state index contributed by atoms with van der Waals surface area (Å²) >= 11 is 0. The summed E-state index contributed by atoms with van der Waals surface area (Å²) in [6, 6.07) is 12.9. The largest absolute Gasteiger partial charge is 0.358 e. The monoisotopic (exact) mass is 386 g/mol. The number of rotatable bonds is 5. The average Bonchev–Trinajstić information content (AvgIpc) is 3.42.